The zero-order valence-corrected chi connectivity index (χ0v) is 17.9. The zero-order chi connectivity index (χ0) is 20.5. The Morgan fingerprint density at radius 2 is 2.14 bits per heavy atom. The lowest BCUT2D eigenvalue weighted by Crippen LogP contribution is -2.22. The maximum atomic E-state index is 12.7. The van der Waals surface area contributed by atoms with Crippen LogP contribution in [0, 0.1) is 10.1 Å². The maximum Gasteiger partial charge on any atom is 0.271 e. The van der Waals surface area contributed by atoms with Gasteiger partial charge in [-0.15, -0.1) is 11.3 Å². The molecule has 1 unspecified atom stereocenters. The van der Waals surface area contributed by atoms with Crippen LogP contribution in [0.2, 0.25) is 5.02 Å². The molecule has 0 saturated carbocycles. The minimum atomic E-state index is -0.526. The summed E-state index contributed by atoms with van der Waals surface area (Å²) in [7, 11) is 0. The highest BCUT2D eigenvalue weighted by Gasteiger charge is 2.23. The van der Waals surface area contributed by atoms with Gasteiger partial charge in [-0.05, 0) is 44.2 Å². The van der Waals surface area contributed by atoms with E-state index in [0.29, 0.717) is 0 Å². The number of aromatic nitrogens is 2. The molecule has 0 radical (unpaired) electrons. The van der Waals surface area contributed by atoms with Crippen LogP contribution in [-0.2, 0) is 17.6 Å². The number of anilines is 1. The average Bonchev–Trinajstić information content (AvgIpc) is 3.09. The van der Waals surface area contributed by atoms with E-state index >= 15 is 0 Å². The molecule has 3 aromatic rings. The van der Waals surface area contributed by atoms with Crippen molar-refractivity contribution in [2.45, 2.75) is 42.9 Å². The molecule has 7 nitrogen and oxygen atoms in total. The predicted octanol–water partition coefficient (Wildman–Crippen LogP) is 5.25. The number of benzene rings is 1. The summed E-state index contributed by atoms with van der Waals surface area (Å²) in [6.07, 6.45) is 5.97. The number of thiophene rings is 1. The Morgan fingerprint density at radius 1 is 1.34 bits per heavy atom. The van der Waals surface area contributed by atoms with E-state index in [2.05, 4.69) is 15.3 Å². The second-order valence-corrected chi connectivity index (χ2v) is 9.56. The Labute approximate surface area is 180 Å². The molecule has 150 valence electrons. The highest BCUT2D eigenvalue weighted by atomic mass is 35.5. The molecule has 1 aromatic carbocycles. The van der Waals surface area contributed by atoms with E-state index in [0.717, 1.165) is 34.5 Å². The van der Waals surface area contributed by atoms with Gasteiger partial charge in [-0.3, -0.25) is 14.9 Å². The molecule has 1 N–H and O–H groups in total. The number of carbonyl (C=O) groups is 1. The number of rotatable bonds is 5. The molecule has 0 aliphatic heterocycles. The third kappa shape index (κ3) is 4.08. The van der Waals surface area contributed by atoms with E-state index in [1.807, 2.05) is 0 Å². The number of halogens is 1. The minimum absolute atomic E-state index is 0.132. The monoisotopic (exact) mass is 448 g/mol. The second-order valence-electron chi connectivity index (χ2n) is 6.74. The number of nitro benzene ring substituents is 1. The summed E-state index contributed by atoms with van der Waals surface area (Å²) >= 11 is 9.16. The summed E-state index contributed by atoms with van der Waals surface area (Å²) in [4.78, 5) is 34.3. The third-order valence-electron chi connectivity index (χ3n) is 4.79. The lowest BCUT2D eigenvalue weighted by atomic mass is 9.97. The number of non-ortho nitro benzene ring substituents is 1. The number of hydrogen-bond donors (Lipinski definition) is 1. The molecule has 2 heterocycles. The van der Waals surface area contributed by atoms with E-state index in [-0.39, 0.29) is 22.3 Å². The normalized spacial score (nSPS) is 14.4. The van der Waals surface area contributed by atoms with Crippen LogP contribution in [0.3, 0.4) is 0 Å². The summed E-state index contributed by atoms with van der Waals surface area (Å²) in [6, 6.07) is 3.96. The molecule has 1 aliphatic rings. The lowest BCUT2D eigenvalue weighted by Gasteiger charge is -2.14. The Hall–Kier alpha value is -2.23. The summed E-state index contributed by atoms with van der Waals surface area (Å²) in [6.45, 7) is 1.78. The topological polar surface area (TPSA) is 98.0 Å². The first-order valence-corrected chi connectivity index (χ1v) is 11.2. The average molecular weight is 449 g/mol. The maximum absolute atomic E-state index is 12.7. The largest absolute Gasteiger partial charge is 0.324 e. The van der Waals surface area contributed by atoms with Gasteiger partial charge in [0.1, 0.15) is 16.2 Å². The standard InChI is InChI=1S/C19H17ClN4O3S2/c1-10(17(25)23-14-8-11(24(26)27)6-7-13(14)20)28-18-16-12-4-2-3-5-15(12)29-19(16)22-9-21-18/h6-10H,2-5H2,1H3,(H,23,25). The highest BCUT2D eigenvalue weighted by Crippen LogP contribution is 2.40. The number of carbonyl (C=O) groups excluding carboxylic acids is 1. The summed E-state index contributed by atoms with van der Waals surface area (Å²) in [5.74, 6) is -0.298. The molecule has 1 aliphatic carbocycles. The van der Waals surface area contributed by atoms with Gasteiger partial charge in [-0.2, -0.15) is 0 Å². The molecule has 10 heteroatoms. The SMILES string of the molecule is CC(Sc1ncnc2sc3c(c12)CCCC3)C(=O)Nc1cc([N+](=O)[O-])ccc1Cl. The van der Waals surface area contributed by atoms with Gasteiger partial charge < -0.3 is 5.32 Å². The van der Waals surface area contributed by atoms with Crippen molar-refractivity contribution in [1.82, 2.24) is 9.97 Å². The van der Waals surface area contributed by atoms with Crippen molar-refractivity contribution in [2.24, 2.45) is 0 Å². The molecule has 0 spiro atoms. The molecular weight excluding hydrogens is 432 g/mol. The van der Waals surface area contributed by atoms with Crippen molar-refractivity contribution in [1.29, 1.82) is 0 Å². The number of nitrogens with one attached hydrogen (secondary N) is 1. The first-order chi connectivity index (χ1) is 13.9. The fraction of sp³-hybridized carbons (Fsp3) is 0.316. The van der Waals surface area contributed by atoms with E-state index in [4.69, 9.17) is 11.6 Å². The van der Waals surface area contributed by atoms with Gasteiger partial charge in [0, 0.05) is 22.4 Å². The van der Waals surface area contributed by atoms with Crippen molar-refractivity contribution in [3.05, 3.63) is 50.1 Å². The van der Waals surface area contributed by atoms with E-state index < -0.39 is 10.2 Å². The van der Waals surface area contributed by atoms with Crippen molar-refractivity contribution < 1.29 is 9.72 Å². The fourth-order valence-corrected chi connectivity index (χ4v) is 5.73. The molecule has 0 fully saturated rings. The van der Waals surface area contributed by atoms with Gasteiger partial charge in [0.05, 0.1) is 20.9 Å². The Kier molecular flexibility index (Phi) is 5.71. The molecule has 1 atom stereocenters. The summed E-state index contributed by atoms with van der Waals surface area (Å²) < 4.78 is 0. The van der Waals surface area contributed by atoms with Gasteiger partial charge >= 0.3 is 0 Å². The summed E-state index contributed by atoms with van der Waals surface area (Å²) in [5, 5.41) is 15.3. The second kappa shape index (κ2) is 8.25. The Balaban J connectivity index is 1.56. The molecule has 29 heavy (non-hydrogen) atoms. The van der Waals surface area contributed by atoms with E-state index in [1.165, 1.54) is 53.1 Å². The van der Waals surface area contributed by atoms with E-state index in [9.17, 15) is 14.9 Å². The van der Waals surface area contributed by atoms with Crippen LogP contribution < -0.4 is 5.32 Å². The van der Waals surface area contributed by atoms with Crippen molar-refractivity contribution in [2.75, 3.05) is 5.32 Å². The van der Waals surface area contributed by atoms with Gasteiger partial charge in [-0.1, -0.05) is 23.4 Å². The predicted molar refractivity (Wildman–Crippen MR) is 116 cm³/mol. The molecule has 4 rings (SSSR count). The smallest absolute Gasteiger partial charge is 0.271 e. The fourth-order valence-electron chi connectivity index (χ4n) is 3.33. The van der Waals surface area contributed by atoms with Gasteiger partial charge in [0.25, 0.3) is 5.69 Å². The zero-order valence-electron chi connectivity index (χ0n) is 15.5. The number of nitrogens with zero attached hydrogens (tertiary/aromatic N) is 3. The molecule has 2 aromatic heterocycles. The van der Waals surface area contributed by atoms with Crippen LogP contribution in [0.1, 0.15) is 30.2 Å². The number of aryl methyl sites for hydroxylation is 2. The quantitative estimate of drug-likeness (QED) is 0.247. The van der Waals surface area contributed by atoms with Crippen molar-refractivity contribution in [3.8, 4) is 0 Å². The third-order valence-corrected chi connectivity index (χ3v) is 7.42. The number of thioether (sulfide) groups is 1. The van der Waals surface area contributed by atoms with Crippen molar-refractivity contribution in [3.63, 3.8) is 0 Å². The molecule has 0 saturated heterocycles. The summed E-state index contributed by atoms with van der Waals surface area (Å²) in [5.41, 5.74) is 1.40. The van der Waals surface area contributed by atoms with Crippen LogP contribution in [-0.4, -0.2) is 26.0 Å². The van der Waals surface area contributed by atoms with Gasteiger partial charge in [-0.25, -0.2) is 9.97 Å². The van der Waals surface area contributed by atoms with Crippen LogP contribution in [0.4, 0.5) is 11.4 Å². The van der Waals surface area contributed by atoms with E-state index in [1.54, 1.807) is 18.3 Å². The number of fused-ring (bicyclic) bond motifs is 3. The number of nitro groups is 1. The Bertz CT molecular complexity index is 1120. The van der Waals surface area contributed by atoms with Crippen LogP contribution >= 0.6 is 34.7 Å². The van der Waals surface area contributed by atoms with Gasteiger partial charge in [0.15, 0.2) is 0 Å². The number of hydrogen-bond acceptors (Lipinski definition) is 7. The molecular formula is C19H17ClN4O3S2. The lowest BCUT2D eigenvalue weighted by molar-refractivity contribution is -0.384. The number of amides is 1. The molecule has 1 amide bonds. The van der Waals surface area contributed by atoms with Crippen LogP contribution in [0.5, 0.6) is 0 Å². The first-order valence-electron chi connectivity index (χ1n) is 9.10. The minimum Gasteiger partial charge on any atom is -0.324 e. The highest BCUT2D eigenvalue weighted by molar-refractivity contribution is 8.00. The first kappa shape index (κ1) is 20.1. The van der Waals surface area contributed by atoms with Crippen LogP contribution in [0.15, 0.2) is 29.6 Å². The van der Waals surface area contributed by atoms with Crippen LogP contribution in [0.25, 0.3) is 10.2 Å². The molecule has 0 bridgehead atoms. The Morgan fingerprint density at radius 3 is 2.93 bits per heavy atom. The van der Waals surface area contributed by atoms with Gasteiger partial charge in [0.2, 0.25) is 5.91 Å². The van der Waals surface area contributed by atoms with Crippen molar-refractivity contribution >= 4 is 62.2 Å².